The largest absolute Gasteiger partial charge is 0.388 e. The Balaban J connectivity index is 1.55. The third kappa shape index (κ3) is 4.76. The van der Waals surface area contributed by atoms with Crippen molar-refractivity contribution >= 4 is 11.6 Å². The van der Waals surface area contributed by atoms with Gasteiger partial charge in [-0.25, -0.2) is 0 Å². The van der Waals surface area contributed by atoms with Crippen LogP contribution in [0.25, 0.3) is 0 Å². The van der Waals surface area contributed by atoms with Gasteiger partial charge >= 0.3 is 0 Å². The number of para-hydroxylation sites is 1. The zero-order valence-corrected chi connectivity index (χ0v) is 16.3. The number of aryl methyl sites for hydroxylation is 1. The Morgan fingerprint density at radius 2 is 1.74 bits per heavy atom. The van der Waals surface area contributed by atoms with Gasteiger partial charge in [-0.3, -0.25) is 9.69 Å². The number of aliphatic hydroxyl groups excluding tert-OH is 1. The zero-order valence-electron chi connectivity index (χ0n) is 16.3. The molecule has 1 fully saturated rings. The molecule has 3 rings (SSSR count). The van der Waals surface area contributed by atoms with Crippen molar-refractivity contribution in [1.82, 2.24) is 4.90 Å². The molecule has 144 valence electrons. The first kappa shape index (κ1) is 19.6. The van der Waals surface area contributed by atoms with Crippen LogP contribution in [0.5, 0.6) is 0 Å². The van der Waals surface area contributed by atoms with Crippen molar-refractivity contribution in [3.63, 3.8) is 0 Å². The normalized spacial score (nSPS) is 16.9. The van der Waals surface area contributed by atoms with E-state index in [1.165, 1.54) is 0 Å². The van der Waals surface area contributed by atoms with E-state index in [0.29, 0.717) is 13.1 Å². The minimum atomic E-state index is -0.414. The molecule has 1 N–H and O–H groups in total. The monoisotopic (exact) mass is 366 g/mol. The molecular formula is C23H30N2O2. The van der Waals surface area contributed by atoms with E-state index in [1.54, 1.807) is 0 Å². The van der Waals surface area contributed by atoms with Crippen molar-refractivity contribution in [3.8, 4) is 0 Å². The summed E-state index contributed by atoms with van der Waals surface area (Å²) in [6.07, 6.45) is 1.42. The number of likely N-dealkylation sites (tertiary alicyclic amines) is 1. The van der Waals surface area contributed by atoms with Gasteiger partial charge in [0.05, 0.1) is 12.6 Å². The van der Waals surface area contributed by atoms with Crippen LogP contribution >= 0.6 is 0 Å². The first-order valence-corrected chi connectivity index (χ1v) is 9.91. The molecule has 0 spiro atoms. The smallest absolute Gasteiger partial charge is 0.241 e. The fourth-order valence-electron chi connectivity index (χ4n) is 3.97. The first-order chi connectivity index (χ1) is 13.1. The van der Waals surface area contributed by atoms with Crippen molar-refractivity contribution in [3.05, 3.63) is 65.7 Å². The van der Waals surface area contributed by atoms with Crippen LogP contribution in [0.1, 0.15) is 37.0 Å². The van der Waals surface area contributed by atoms with E-state index in [0.717, 1.165) is 42.7 Å². The molecule has 1 heterocycles. The van der Waals surface area contributed by atoms with Crippen LogP contribution in [0.2, 0.25) is 0 Å². The van der Waals surface area contributed by atoms with Gasteiger partial charge in [-0.1, -0.05) is 48.5 Å². The number of rotatable bonds is 6. The molecule has 0 bridgehead atoms. The van der Waals surface area contributed by atoms with E-state index in [2.05, 4.69) is 4.90 Å². The Bertz CT molecular complexity index is 739. The van der Waals surface area contributed by atoms with Gasteiger partial charge in [0.15, 0.2) is 0 Å². The van der Waals surface area contributed by atoms with Gasteiger partial charge in [0.25, 0.3) is 0 Å². The van der Waals surface area contributed by atoms with E-state index < -0.39 is 6.10 Å². The number of anilines is 1. The van der Waals surface area contributed by atoms with Crippen LogP contribution in [0.15, 0.2) is 54.6 Å². The lowest BCUT2D eigenvalue weighted by Crippen LogP contribution is -2.44. The molecule has 0 aliphatic carbocycles. The number of piperidine rings is 1. The Kier molecular flexibility index (Phi) is 6.64. The topological polar surface area (TPSA) is 43.8 Å². The highest BCUT2D eigenvalue weighted by molar-refractivity contribution is 5.95. The Hall–Kier alpha value is -2.17. The van der Waals surface area contributed by atoms with Crippen molar-refractivity contribution in [2.45, 2.75) is 32.8 Å². The average molecular weight is 367 g/mol. The molecule has 2 aromatic carbocycles. The molecule has 4 heteroatoms. The number of aliphatic hydroxyl groups is 1. The van der Waals surface area contributed by atoms with Crippen LogP contribution in [0.3, 0.4) is 0 Å². The number of benzene rings is 2. The lowest BCUT2D eigenvalue weighted by atomic mass is 9.87. The molecule has 1 saturated heterocycles. The summed E-state index contributed by atoms with van der Waals surface area (Å²) in [6.45, 7) is 6.88. The summed E-state index contributed by atoms with van der Waals surface area (Å²) in [5, 5.41) is 10.6. The zero-order chi connectivity index (χ0) is 19.2. The van der Waals surface area contributed by atoms with Crippen molar-refractivity contribution < 1.29 is 9.90 Å². The summed E-state index contributed by atoms with van der Waals surface area (Å²) >= 11 is 0. The van der Waals surface area contributed by atoms with Crippen LogP contribution in [-0.2, 0) is 4.79 Å². The maximum absolute atomic E-state index is 12.9. The minimum Gasteiger partial charge on any atom is -0.388 e. The van der Waals surface area contributed by atoms with Crippen molar-refractivity contribution in [1.29, 1.82) is 0 Å². The second-order valence-corrected chi connectivity index (χ2v) is 7.39. The van der Waals surface area contributed by atoms with Gasteiger partial charge in [0.1, 0.15) is 0 Å². The highest BCUT2D eigenvalue weighted by Gasteiger charge is 2.28. The molecule has 0 saturated carbocycles. The maximum Gasteiger partial charge on any atom is 0.241 e. The van der Waals surface area contributed by atoms with Crippen molar-refractivity contribution in [2.75, 3.05) is 31.1 Å². The summed E-state index contributed by atoms with van der Waals surface area (Å²) in [5.74, 6) is 0.409. The molecule has 1 atom stereocenters. The van der Waals surface area contributed by atoms with Gasteiger partial charge < -0.3 is 10.0 Å². The fraction of sp³-hybridized carbons (Fsp3) is 0.435. The number of hydrogen-bond donors (Lipinski definition) is 1. The number of nitrogens with zero attached hydrogens (tertiary/aromatic N) is 2. The van der Waals surface area contributed by atoms with Crippen LogP contribution < -0.4 is 4.90 Å². The lowest BCUT2D eigenvalue weighted by molar-refractivity contribution is -0.120. The van der Waals surface area contributed by atoms with E-state index in [9.17, 15) is 9.90 Å². The number of carbonyl (C=O) groups excluding carboxylic acids is 1. The second kappa shape index (κ2) is 9.16. The predicted molar refractivity (Wildman–Crippen MR) is 110 cm³/mol. The molecule has 1 amide bonds. The highest BCUT2D eigenvalue weighted by atomic mass is 16.3. The van der Waals surface area contributed by atoms with E-state index in [4.69, 9.17) is 0 Å². The number of likely N-dealkylation sites (N-methyl/N-ethyl adjacent to an activating group) is 1. The summed E-state index contributed by atoms with van der Waals surface area (Å²) in [4.78, 5) is 17.0. The summed E-state index contributed by atoms with van der Waals surface area (Å²) in [7, 11) is 0. The van der Waals surface area contributed by atoms with Gasteiger partial charge in [-0.2, -0.15) is 0 Å². The SMILES string of the molecule is CCN(C(=O)CN1CCC(C(O)c2ccccc2)CC1)c1ccccc1C. The molecule has 27 heavy (non-hydrogen) atoms. The lowest BCUT2D eigenvalue weighted by Gasteiger charge is -2.35. The van der Waals surface area contributed by atoms with Crippen LogP contribution in [0.4, 0.5) is 5.69 Å². The predicted octanol–water partition coefficient (Wildman–Crippen LogP) is 3.79. The second-order valence-electron chi connectivity index (χ2n) is 7.39. The molecular weight excluding hydrogens is 336 g/mol. The fourth-order valence-corrected chi connectivity index (χ4v) is 3.97. The molecule has 4 nitrogen and oxygen atoms in total. The summed E-state index contributed by atoms with van der Waals surface area (Å²) in [6, 6.07) is 17.9. The molecule has 1 aliphatic rings. The van der Waals surface area contributed by atoms with E-state index >= 15 is 0 Å². The van der Waals surface area contributed by atoms with E-state index in [1.807, 2.05) is 73.3 Å². The maximum atomic E-state index is 12.9. The van der Waals surface area contributed by atoms with Crippen LogP contribution in [0, 0.1) is 12.8 Å². The van der Waals surface area contributed by atoms with Gasteiger partial charge in [-0.15, -0.1) is 0 Å². The summed E-state index contributed by atoms with van der Waals surface area (Å²) in [5.41, 5.74) is 3.11. The van der Waals surface area contributed by atoms with Gasteiger partial charge in [0.2, 0.25) is 5.91 Å². The number of carbonyl (C=O) groups is 1. The molecule has 2 aromatic rings. The van der Waals surface area contributed by atoms with Gasteiger partial charge in [-0.05, 0) is 62.9 Å². The standard InChI is InChI=1S/C23H30N2O2/c1-3-25(21-12-8-7-9-18(21)2)22(26)17-24-15-13-20(14-16-24)23(27)19-10-5-4-6-11-19/h4-12,20,23,27H,3,13-17H2,1-2H3. The molecule has 1 aliphatic heterocycles. The van der Waals surface area contributed by atoms with Gasteiger partial charge in [0, 0.05) is 12.2 Å². The third-order valence-corrected chi connectivity index (χ3v) is 5.60. The highest BCUT2D eigenvalue weighted by Crippen LogP contribution is 2.30. The molecule has 0 aromatic heterocycles. The number of hydrogen-bond acceptors (Lipinski definition) is 3. The van der Waals surface area contributed by atoms with Crippen LogP contribution in [-0.4, -0.2) is 42.1 Å². The third-order valence-electron chi connectivity index (χ3n) is 5.60. The van der Waals surface area contributed by atoms with Crippen molar-refractivity contribution in [2.24, 2.45) is 5.92 Å². The Morgan fingerprint density at radius 3 is 2.37 bits per heavy atom. The quantitative estimate of drug-likeness (QED) is 0.846. The number of amides is 1. The molecule has 1 unspecified atom stereocenters. The Labute approximate surface area is 162 Å². The molecule has 0 radical (unpaired) electrons. The first-order valence-electron chi connectivity index (χ1n) is 9.91. The minimum absolute atomic E-state index is 0.147. The summed E-state index contributed by atoms with van der Waals surface area (Å²) < 4.78 is 0. The Morgan fingerprint density at radius 1 is 1.11 bits per heavy atom. The average Bonchev–Trinajstić information content (AvgIpc) is 2.71. The van der Waals surface area contributed by atoms with E-state index in [-0.39, 0.29) is 11.8 Å².